The van der Waals surface area contributed by atoms with Gasteiger partial charge >= 0.3 is 5.97 Å². The first-order valence-electron chi connectivity index (χ1n) is 4.17. The molecule has 13 heavy (non-hydrogen) atoms. The van der Waals surface area contributed by atoms with Crippen molar-refractivity contribution in [1.82, 2.24) is 5.32 Å². The average Bonchev–Trinajstić information content (AvgIpc) is 2.11. The molecule has 0 spiro atoms. The van der Waals surface area contributed by atoms with Crippen LogP contribution in [-0.2, 0) is 9.59 Å². The van der Waals surface area contributed by atoms with Crippen LogP contribution in [0.1, 0.15) is 20.3 Å². The summed E-state index contributed by atoms with van der Waals surface area (Å²) in [5.74, 6) is -1.71. The molecule has 0 saturated heterocycles. The number of aliphatic hydroxyl groups excluding tert-OH is 1. The highest BCUT2D eigenvalue weighted by atomic mass is 16.4. The lowest BCUT2D eigenvalue weighted by Crippen LogP contribution is -2.38. The fourth-order valence-electron chi connectivity index (χ4n) is 0.644. The SMILES string of the molecule is CCC(C)C(=O)NCC(O)C(=O)O. The molecule has 0 rings (SSSR count). The normalized spacial score (nSPS) is 14.7. The van der Waals surface area contributed by atoms with E-state index in [-0.39, 0.29) is 18.4 Å². The average molecular weight is 189 g/mol. The molecule has 5 nitrogen and oxygen atoms in total. The van der Waals surface area contributed by atoms with Crippen molar-refractivity contribution in [3.05, 3.63) is 0 Å². The summed E-state index contributed by atoms with van der Waals surface area (Å²) in [5.41, 5.74) is 0. The molecule has 2 unspecified atom stereocenters. The molecule has 76 valence electrons. The number of rotatable bonds is 5. The van der Waals surface area contributed by atoms with Gasteiger partial charge in [-0.1, -0.05) is 13.8 Å². The van der Waals surface area contributed by atoms with Gasteiger partial charge in [0.25, 0.3) is 0 Å². The number of aliphatic carboxylic acids is 1. The van der Waals surface area contributed by atoms with Crippen LogP contribution in [0.15, 0.2) is 0 Å². The number of amides is 1. The number of hydrogen-bond acceptors (Lipinski definition) is 3. The molecule has 0 aromatic carbocycles. The van der Waals surface area contributed by atoms with Gasteiger partial charge in [0.05, 0.1) is 6.54 Å². The molecular formula is C8H15NO4. The second-order valence-corrected chi connectivity index (χ2v) is 2.91. The smallest absolute Gasteiger partial charge is 0.334 e. The van der Waals surface area contributed by atoms with Crippen LogP contribution in [0.2, 0.25) is 0 Å². The Kier molecular flexibility index (Phi) is 5.06. The quantitative estimate of drug-likeness (QED) is 0.549. The van der Waals surface area contributed by atoms with Crippen LogP contribution < -0.4 is 5.32 Å². The summed E-state index contributed by atoms with van der Waals surface area (Å²) in [6.07, 6.45) is -0.831. The number of hydrogen-bond donors (Lipinski definition) is 3. The second kappa shape index (κ2) is 5.53. The predicted molar refractivity (Wildman–Crippen MR) is 46.1 cm³/mol. The first-order valence-corrected chi connectivity index (χ1v) is 4.17. The minimum atomic E-state index is -1.52. The van der Waals surface area contributed by atoms with E-state index < -0.39 is 12.1 Å². The zero-order chi connectivity index (χ0) is 10.4. The number of aliphatic hydroxyl groups is 1. The fraction of sp³-hybridized carbons (Fsp3) is 0.750. The largest absolute Gasteiger partial charge is 0.479 e. The third-order valence-electron chi connectivity index (χ3n) is 1.81. The van der Waals surface area contributed by atoms with Gasteiger partial charge in [-0.2, -0.15) is 0 Å². The van der Waals surface area contributed by atoms with Gasteiger partial charge in [0.1, 0.15) is 0 Å². The van der Waals surface area contributed by atoms with Gasteiger partial charge in [-0.25, -0.2) is 4.79 Å². The molecule has 0 radical (unpaired) electrons. The topological polar surface area (TPSA) is 86.6 Å². The van der Waals surface area contributed by atoms with E-state index in [1.807, 2.05) is 6.92 Å². The molecule has 0 fully saturated rings. The van der Waals surface area contributed by atoms with E-state index >= 15 is 0 Å². The summed E-state index contributed by atoms with van der Waals surface area (Å²) in [6, 6.07) is 0. The maximum absolute atomic E-state index is 11.1. The van der Waals surface area contributed by atoms with Crippen molar-refractivity contribution in [1.29, 1.82) is 0 Å². The summed E-state index contributed by atoms with van der Waals surface area (Å²) in [6.45, 7) is 3.36. The molecule has 1 amide bonds. The van der Waals surface area contributed by atoms with Crippen LogP contribution in [-0.4, -0.2) is 34.7 Å². The zero-order valence-electron chi connectivity index (χ0n) is 7.78. The van der Waals surface area contributed by atoms with Crippen molar-refractivity contribution in [2.45, 2.75) is 26.4 Å². The van der Waals surface area contributed by atoms with Crippen molar-refractivity contribution >= 4 is 11.9 Å². The third-order valence-corrected chi connectivity index (χ3v) is 1.81. The minimum absolute atomic E-state index is 0.152. The van der Waals surface area contributed by atoms with Crippen LogP contribution in [0.3, 0.4) is 0 Å². The van der Waals surface area contributed by atoms with Gasteiger partial charge < -0.3 is 15.5 Å². The maximum Gasteiger partial charge on any atom is 0.334 e. The van der Waals surface area contributed by atoms with Crippen LogP contribution in [0.4, 0.5) is 0 Å². The Morgan fingerprint density at radius 3 is 2.38 bits per heavy atom. The minimum Gasteiger partial charge on any atom is -0.479 e. The number of carboxylic acids is 1. The highest BCUT2D eigenvalue weighted by molar-refractivity contribution is 5.79. The Bertz CT molecular complexity index is 193. The van der Waals surface area contributed by atoms with Crippen molar-refractivity contribution in [3.8, 4) is 0 Å². The van der Waals surface area contributed by atoms with Gasteiger partial charge in [-0.05, 0) is 6.42 Å². The second-order valence-electron chi connectivity index (χ2n) is 2.91. The lowest BCUT2D eigenvalue weighted by Gasteiger charge is -2.11. The third kappa shape index (κ3) is 4.47. The molecule has 0 aliphatic carbocycles. The predicted octanol–water partition coefficient (Wildman–Crippen LogP) is -0.406. The van der Waals surface area contributed by atoms with E-state index in [2.05, 4.69) is 5.32 Å². The highest BCUT2D eigenvalue weighted by Gasteiger charge is 2.16. The van der Waals surface area contributed by atoms with Crippen LogP contribution >= 0.6 is 0 Å². The molecule has 0 aliphatic rings. The Balaban J connectivity index is 3.76. The zero-order valence-corrected chi connectivity index (χ0v) is 7.78. The van der Waals surface area contributed by atoms with Crippen molar-refractivity contribution < 1.29 is 19.8 Å². The molecule has 0 aliphatic heterocycles. The first kappa shape index (κ1) is 11.9. The molecule has 0 bridgehead atoms. The standard InChI is InChI=1S/C8H15NO4/c1-3-5(2)7(11)9-4-6(10)8(12)13/h5-6,10H,3-4H2,1-2H3,(H,9,11)(H,12,13). The van der Waals surface area contributed by atoms with Crippen molar-refractivity contribution in [3.63, 3.8) is 0 Å². The van der Waals surface area contributed by atoms with E-state index in [0.29, 0.717) is 6.42 Å². The monoisotopic (exact) mass is 189 g/mol. The number of carbonyl (C=O) groups is 2. The summed E-state index contributed by atoms with van der Waals surface area (Å²) >= 11 is 0. The molecule has 0 heterocycles. The number of nitrogens with one attached hydrogen (secondary N) is 1. The Morgan fingerprint density at radius 2 is 2.00 bits per heavy atom. The van der Waals surface area contributed by atoms with E-state index in [9.17, 15) is 9.59 Å². The van der Waals surface area contributed by atoms with Crippen molar-refractivity contribution in [2.75, 3.05) is 6.54 Å². The van der Waals surface area contributed by atoms with Gasteiger partial charge in [0.2, 0.25) is 5.91 Å². The molecule has 0 aromatic rings. The molecule has 0 aromatic heterocycles. The maximum atomic E-state index is 11.1. The van der Waals surface area contributed by atoms with Crippen LogP contribution in [0, 0.1) is 5.92 Å². The Hall–Kier alpha value is -1.10. The molecule has 5 heteroatoms. The van der Waals surface area contributed by atoms with E-state index in [0.717, 1.165) is 0 Å². The van der Waals surface area contributed by atoms with Crippen LogP contribution in [0.25, 0.3) is 0 Å². The number of carbonyl (C=O) groups excluding carboxylic acids is 1. The fourth-order valence-corrected chi connectivity index (χ4v) is 0.644. The summed E-state index contributed by atoms with van der Waals surface area (Å²) in [4.78, 5) is 21.2. The molecule has 0 saturated carbocycles. The summed E-state index contributed by atoms with van der Waals surface area (Å²) in [5, 5.41) is 19.4. The van der Waals surface area contributed by atoms with Crippen molar-refractivity contribution in [2.24, 2.45) is 5.92 Å². The van der Waals surface area contributed by atoms with E-state index in [1.165, 1.54) is 0 Å². The highest BCUT2D eigenvalue weighted by Crippen LogP contribution is 1.99. The Morgan fingerprint density at radius 1 is 1.46 bits per heavy atom. The van der Waals surface area contributed by atoms with E-state index in [4.69, 9.17) is 10.2 Å². The van der Waals surface area contributed by atoms with Gasteiger partial charge in [-0.3, -0.25) is 4.79 Å². The summed E-state index contributed by atoms with van der Waals surface area (Å²) < 4.78 is 0. The van der Waals surface area contributed by atoms with Gasteiger partial charge in [-0.15, -0.1) is 0 Å². The number of carboxylic acid groups (broad SMARTS) is 1. The Labute approximate surface area is 76.8 Å². The molecule has 2 atom stereocenters. The molecular weight excluding hydrogens is 174 g/mol. The van der Waals surface area contributed by atoms with E-state index in [1.54, 1.807) is 6.92 Å². The van der Waals surface area contributed by atoms with Gasteiger partial charge in [0.15, 0.2) is 6.10 Å². The van der Waals surface area contributed by atoms with Crippen LogP contribution in [0.5, 0.6) is 0 Å². The summed E-state index contributed by atoms with van der Waals surface area (Å²) in [7, 11) is 0. The molecule has 3 N–H and O–H groups in total. The lowest BCUT2D eigenvalue weighted by molar-refractivity contribution is -0.146. The van der Waals surface area contributed by atoms with Gasteiger partial charge in [0, 0.05) is 5.92 Å². The lowest BCUT2D eigenvalue weighted by atomic mass is 10.1. The first-order chi connectivity index (χ1) is 5.99.